The number of carbonyl (C=O) groups excluding carboxylic acids is 1. The van der Waals surface area contributed by atoms with Crippen LogP contribution in [-0.4, -0.2) is 34.1 Å². The van der Waals surface area contributed by atoms with Crippen molar-refractivity contribution in [2.24, 2.45) is 0 Å². The van der Waals surface area contributed by atoms with Gasteiger partial charge >= 0.3 is 12.1 Å². The minimum absolute atomic E-state index is 0.251. The van der Waals surface area contributed by atoms with E-state index in [0.29, 0.717) is 7.11 Å². The fourth-order valence-corrected chi connectivity index (χ4v) is 2.24. The van der Waals surface area contributed by atoms with E-state index in [2.05, 4.69) is 9.84 Å². The summed E-state index contributed by atoms with van der Waals surface area (Å²) in [5.41, 5.74) is -6.43. The Kier molecular flexibility index (Phi) is 4.08. The maximum atomic E-state index is 13.3. The van der Waals surface area contributed by atoms with Gasteiger partial charge in [-0.25, -0.2) is 9.48 Å². The smallest absolute Gasteiger partial charge is 0.432 e. The average molecular weight is 330 g/mol. The number of aromatic nitrogens is 2. The molecule has 0 saturated carbocycles. The van der Waals surface area contributed by atoms with Gasteiger partial charge in [0.1, 0.15) is 0 Å². The Bertz CT molecular complexity index is 780. The van der Waals surface area contributed by atoms with E-state index in [1.54, 1.807) is 18.2 Å². The SMILES string of the molecule is COC(=O)[C@@](O)(c1c(C)[nH]n(-c2ccccc2)c1=O)C(F)(F)F. The summed E-state index contributed by atoms with van der Waals surface area (Å²) in [6.07, 6.45) is -5.43. The molecule has 0 amide bonds. The number of ether oxygens (including phenoxy) is 1. The minimum Gasteiger partial charge on any atom is -0.466 e. The molecule has 0 aliphatic carbocycles. The molecular weight excluding hydrogens is 317 g/mol. The third kappa shape index (κ3) is 2.52. The highest BCUT2D eigenvalue weighted by molar-refractivity contribution is 5.82. The molecule has 9 heteroatoms. The second-order valence-corrected chi connectivity index (χ2v) is 4.79. The zero-order valence-electron chi connectivity index (χ0n) is 12.1. The van der Waals surface area contributed by atoms with E-state index >= 15 is 0 Å². The number of aliphatic hydroxyl groups is 1. The van der Waals surface area contributed by atoms with Gasteiger partial charge in [-0.15, -0.1) is 0 Å². The van der Waals surface area contributed by atoms with Crippen LogP contribution in [0.3, 0.4) is 0 Å². The lowest BCUT2D eigenvalue weighted by Gasteiger charge is -2.26. The van der Waals surface area contributed by atoms with Crippen molar-refractivity contribution in [3.05, 3.63) is 51.9 Å². The number of aromatic amines is 1. The minimum atomic E-state index is -5.43. The van der Waals surface area contributed by atoms with Gasteiger partial charge in [-0.1, -0.05) is 18.2 Å². The average Bonchev–Trinajstić information content (AvgIpc) is 2.80. The number of rotatable bonds is 3. The van der Waals surface area contributed by atoms with Crippen LogP contribution in [0.1, 0.15) is 11.3 Å². The Hall–Kier alpha value is -2.55. The first kappa shape index (κ1) is 16.8. The number of hydrogen-bond acceptors (Lipinski definition) is 4. The first-order valence-electron chi connectivity index (χ1n) is 6.39. The molecule has 6 nitrogen and oxygen atoms in total. The first-order valence-corrected chi connectivity index (χ1v) is 6.39. The topological polar surface area (TPSA) is 84.3 Å². The number of esters is 1. The second kappa shape index (κ2) is 5.58. The van der Waals surface area contributed by atoms with E-state index in [4.69, 9.17) is 0 Å². The van der Waals surface area contributed by atoms with Gasteiger partial charge < -0.3 is 9.84 Å². The molecule has 1 aromatic carbocycles. The number of hydrogen-bond donors (Lipinski definition) is 2. The zero-order chi connectivity index (χ0) is 17.4. The lowest BCUT2D eigenvalue weighted by atomic mass is 9.93. The van der Waals surface area contributed by atoms with Crippen molar-refractivity contribution in [2.45, 2.75) is 18.7 Å². The van der Waals surface area contributed by atoms with Crippen LogP contribution in [0.15, 0.2) is 35.1 Å². The van der Waals surface area contributed by atoms with Crippen molar-refractivity contribution in [1.29, 1.82) is 0 Å². The summed E-state index contributed by atoms with van der Waals surface area (Å²) in [5, 5.41) is 12.4. The quantitative estimate of drug-likeness (QED) is 0.833. The normalized spacial score (nSPS) is 14.3. The van der Waals surface area contributed by atoms with Crippen LogP contribution in [0.25, 0.3) is 5.69 Å². The standard InChI is InChI=1S/C14H13F3N2O4/c1-8-10(13(22,12(21)23-2)14(15,16)17)11(20)19(18-8)9-6-4-3-5-7-9/h3-7,18,22H,1-2H3/t13-/m0/s1. The number of halogens is 3. The summed E-state index contributed by atoms with van der Waals surface area (Å²) in [7, 11) is 0.691. The molecule has 23 heavy (non-hydrogen) atoms. The number of para-hydroxylation sites is 1. The van der Waals surface area contributed by atoms with Crippen molar-refractivity contribution in [1.82, 2.24) is 9.78 Å². The Morgan fingerprint density at radius 2 is 1.83 bits per heavy atom. The van der Waals surface area contributed by atoms with Gasteiger partial charge in [0.25, 0.3) is 11.2 Å². The highest BCUT2D eigenvalue weighted by atomic mass is 19.4. The summed E-state index contributed by atoms with van der Waals surface area (Å²) < 4.78 is 44.7. The molecule has 0 spiro atoms. The molecule has 2 N–H and O–H groups in total. The molecule has 0 aliphatic rings. The Labute approximate surface area is 128 Å². The van der Waals surface area contributed by atoms with E-state index in [1.807, 2.05) is 0 Å². The zero-order valence-corrected chi connectivity index (χ0v) is 12.1. The van der Waals surface area contributed by atoms with Crippen LogP contribution < -0.4 is 5.56 Å². The van der Waals surface area contributed by atoms with Gasteiger partial charge in [0, 0.05) is 5.69 Å². The van der Waals surface area contributed by atoms with E-state index in [-0.39, 0.29) is 11.4 Å². The Balaban J connectivity index is 2.75. The van der Waals surface area contributed by atoms with Gasteiger partial charge in [-0.3, -0.25) is 9.89 Å². The summed E-state index contributed by atoms with van der Waals surface area (Å²) in [4.78, 5) is 23.9. The van der Waals surface area contributed by atoms with Crippen LogP contribution in [0.4, 0.5) is 13.2 Å². The molecule has 124 valence electrons. The van der Waals surface area contributed by atoms with Crippen molar-refractivity contribution in [2.75, 3.05) is 7.11 Å². The number of alkyl halides is 3. The summed E-state index contributed by atoms with van der Waals surface area (Å²) >= 11 is 0. The van der Waals surface area contributed by atoms with E-state index < -0.39 is 28.9 Å². The predicted molar refractivity (Wildman–Crippen MR) is 73.1 cm³/mol. The van der Waals surface area contributed by atoms with Gasteiger partial charge in [-0.05, 0) is 19.1 Å². The maximum Gasteiger partial charge on any atom is 0.432 e. The van der Waals surface area contributed by atoms with E-state index in [1.165, 1.54) is 12.1 Å². The van der Waals surface area contributed by atoms with Gasteiger partial charge in [0.2, 0.25) is 0 Å². The first-order chi connectivity index (χ1) is 10.6. The number of H-pyrrole nitrogens is 1. The van der Waals surface area contributed by atoms with Crippen LogP contribution in [0, 0.1) is 6.92 Å². The van der Waals surface area contributed by atoms with Gasteiger partial charge in [0.05, 0.1) is 18.4 Å². The summed E-state index contributed by atoms with van der Waals surface area (Å²) in [6.45, 7) is 1.15. The molecule has 0 radical (unpaired) electrons. The lowest BCUT2D eigenvalue weighted by Crippen LogP contribution is -2.52. The van der Waals surface area contributed by atoms with Crippen LogP contribution in [0.2, 0.25) is 0 Å². The molecule has 1 aromatic heterocycles. The second-order valence-electron chi connectivity index (χ2n) is 4.79. The number of nitrogens with one attached hydrogen (secondary N) is 1. The number of carbonyl (C=O) groups is 1. The molecule has 2 aromatic rings. The summed E-state index contributed by atoms with van der Waals surface area (Å²) in [5.74, 6) is -1.98. The van der Waals surface area contributed by atoms with Gasteiger partial charge in [-0.2, -0.15) is 13.2 Å². The molecule has 2 rings (SSSR count). The van der Waals surface area contributed by atoms with Crippen LogP contribution in [0.5, 0.6) is 0 Å². The monoisotopic (exact) mass is 330 g/mol. The Morgan fingerprint density at radius 3 is 2.30 bits per heavy atom. The van der Waals surface area contributed by atoms with Crippen molar-refractivity contribution >= 4 is 5.97 Å². The van der Waals surface area contributed by atoms with Crippen molar-refractivity contribution in [3.8, 4) is 5.69 Å². The largest absolute Gasteiger partial charge is 0.466 e. The van der Waals surface area contributed by atoms with Crippen molar-refractivity contribution in [3.63, 3.8) is 0 Å². The Morgan fingerprint density at radius 1 is 1.26 bits per heavy atom. The number of aryl methyl sites for hydroxylation is 1. The predicted octanol–water partition coefficient (Wildman–Crippen LogP) is 1.40. The highest BCUT2D eigenvalue weighted by Gasteiger charge is 2.64. The van der Waals surface area contributed by atoms with E-state index in [0.717, 1.165) is 11.6 Å². The number of nitrogens with zero attached hydrogens (tertiary/aromatic N) is 1. The van der Waals surface area contributed by atoms with Gasteiger partial charge in [0.15, 0.2) is 0 Å². The highest BCUT2D eigenvalue weighted by Crippen LogP contribution is 2.39. The molecule has 0 bridgehead atoms. The number of benzene rings is 1. The molecule has 0 fully saturated rings. The fourth-order valence-electron chi connectivity index (χ4n) is 2.24. The fraction of sp³-hybridized carbons (Fsp3) is 0.286. The molecule has 0 saturated heterocycles. The number of methoxy groups -OCH3 is 1. The third-order valence-corrected chi connectivity index (χ3v) is 3.34. The molecule has 0 aliphatic heterocycles. The third-order valence-electron chi connectivity index (χ3n) is 3.34. The maximum absolute atomic E-state index is 13.3. The molecule has 1 atom stereocenters. The lowest BCUT2D eigenvalue weighted by molar-refractivity contribution is -0.267. The van der Waals surface area contributed by atoms with E-state index in [9.17, 15) is 27.9 Å². The van der Waals surface area contributed by atoms with Crippen LogP contribution >= 0.6 is 0 Å². The molecular formula is C14H13F3N2O4. The molecule has 1 heterocycles. The van der Waals surface area contributed by atoms with Crippen LogP contribution in [-0.2, 0) is 15.1 Å². The molecule has 0 unspecified atom stereocenters. The summed E-state index contributed by atoms with van der Waals surface area (Å²) in [6, 6.07) is 7.77. The van der Waals surface area contributed by atoms with Crippen molar-refractivity contribution < 1.29 is 27.8 Å².